The van der Waals surface area contributed by atoms with Gasteiger partial charge in [-0.25, -0.2) is 0 Å². The van der Waals surface area contributed by atoms with Gasteiger partial charge in [0, 0.05) is 18.4 Å². The fourth-order valence-corrected chi connectivity index (χ4v) is 2.23. The van der Waals surface area contributed by atoms with Crippen LogP contribution in [0.4, 0.5) is 0 Å². The number of halogens is 1. The topological polar surface area (TPSA) is 21.3 Å². The zero-order chi connectivity index (χ0) is 10.5. The maximum atomic E-state index is 5.77. The number of hydrogen-bond donors (Lipinski definition) is 1. The van der Waals surface area contributed by atoms with Crippen LogP contribution < -0.4 is 5.32 Å². The van der Waals surface area contributed by atoms with Crippen molar-refractivity contribution in [1.29, 1.82) is 0 Å². The molecule has 1 aliphatic heterocycles. The van der Waals surface area contributed by atoms with Gasteiger partial charge in [-0.3, -0.25) is 0 Å². The summed E-state index contributed by atoms with van der Waals surface area (Å²) in [7, 11) is 0. The lowest BCUT2D eigenvalue weighted by molar-refractivity contribution is 0.0430. The van der Waals surface area contributed by atoms with E-state index >= 15 is 0 Å². The molecule has 1 N–H and O–H groups in total. The van der Waals surface area contributed by atoms with Crippen LogP contribution in [0.5, 0.6) is 0 Å². The van der Waals surface area contributed by atoms with Crippen LogP contribution in [0.1, 0.15) is 17.2 Å². The summed E-state index contributed by atoms with van der Waals surface area (Å²) in [6, 6.07) is 8.57. The molecule has 2 nitrogen and oxygen atoms in total. The molecule has 0 aliphatic carbocycles. The van der Waals surface area contributed by atoms with Crippen LogP contribution in [0.2, 0.25) is 0 Å². The van der Waals surface area contributed by atoms with Crippen LogP contribution in [0.15, 0.2) is 24.3 Å². The van der Waals surface area contributed by atoms with Gasteiger partial charge in [0.25, 0.3) is 0 Å². The Labute approximate surface area is 99.1 Å². The minimum absolute atomic E-state index is 0.231. The molecule has 0 saturated carbocycles. The fraction of sp³-hybridized carbons (Fsp3) is 0.500. The summed E-state index contributed by atoms with van der Waals surface area (Å²) in [6.07, 6.45) is 1.28. The number of fused-ring (bicyclic) bond motifs is 1. The largest absolute Gasteiger partial charge is 0.372 e. The van der Waals surface area contributed by atoms with Gasteiger partial charge in [-0.05, 0) is 17.5 Å². The standard InChI is InChI=1S/C12H16BrNO/c13-6-7-14-9-12-11-4-2-1-3-10(11)5-8-15-12/h1-4,12,14H,5-9H2. The van der Waals surface area contributed by atoms with Crippen molar-refractivity contribution < 1.29 is 4.74 Å². The van der Waals surface area contributed by atoms with E-state index in [0.717, 1.165) is 31.4 Å². The maximum absolute atomic E-state index is 5.77. The van der Waals surface area contributed by atoms with E-state index in [-0.39, 0.29) is 6.10 Å². The second-order valence-corrected chi connectivity index (χ2v) is 4.49. The lowest BCUT2D eigenvalue weighted by Gasteiger charge is -2.26. The normalized spacial score (nSPS) is 19.9. The van der Waals surface area contributed by atoms with E-state index in [4.69, 9.17) is 4.74 Å². The van der Waals surface area contributed by atoms with Crippen molar-refractivity contribution in [3.05, 3.63) is 35.4 Å². The minimum Gasteiger partial charge on any atom is -0.372 e. The number of benzene rings is 1. The first-order chi connectivity index (χ1) is 7.42. The second kappa shape index (κ2) is 5.64. The molecule has 2 rings (SSSR count). The molecule has 15 heavy (non-hydrogen) atoms. The highest BCUT2D eigenvalue weighted by molar-refractivity contribution is 9.09. The first kappa shape index (κ1) is 11.1. The summed E-state index contributed by atoms with van der Waals surface area (Å²) < 4.78 is 5.77. The Bertz CT molecular complexity index is 316. The van der Waals surface area contributed by atoms with Gasteiger partial charge in [0.15, 0.2) is 0 Å². The third-order valence-electron chi connectivity index (χ3n) is 2.69. The molecule has 1 heterocycles. The van der Waals surface area contributed by atoms with Crippen molar-refractivity contribution in [3.8, 4) is 0 Å². The van der Waals surface area contributed by atoms with Crippen LogP contribution >= 0.6 is 15.9 Å². The van der Waals surface area contributed by atoms with Crippen LogP contribution in [0.3, 0.4) is 0 Å². The van der Waals surface area contributed by atoms with E-state index in [9.17, 15) is 0 Å². The highest BCUT2D eigenvalue weighted by Crippen LogP contribution is 2.25. The maximum Gasteiger partial charge on any atom is 0.0952 e. The Morgan fingerprint density at radius 3 is 3.13 bits per heavy atom. The zero-order valence-corrected chi connectivity index (χ0v) is 10.3. The second-order valence-electron chi connectivity index (χ2n) is 3.70. The van der Waals surface area contributed by atoms with E-state index in [1.807, 2.05) is 0 Å². The average Bonchev–Trinajstić information content (AvgIpc) is 2.30. The first-order valence-corrected chi connectivity index (χ1v) is 6.50. The monoisotopic (exact) mass is 269 g/mol. The average molecular weight is 270 g/mol. The minimum atomic E-state index is 0.231. The molecule has 1 aromatic rings. The van der Waals surface area contributed by atoms with Gasteiger partial charge in [0.2, 0.25) is 0 Å². The Morgan fingerprint density at radius 2 is 2.27 bits per heavy atom. The summed E-state index contributed by atoms with van der Waals surface area (Å²) in [6.45, 7) is 2.74. The highest BCUT2D eigenvalue weighted by Gasteiger charge is 2.19. The number of alkyl halides is 1. The molecule has 1 aromatic carbocycles. The molecule has 0 fully saturated rings. The molecular formula is C12H16BrNO. The highest BCUT2D eigenvalue weighted by atomic mass is 79.9. The zero-order valence-electron chi connectivity index (χ0n) is 8.71. The van der Waals surface area contributed by atoms with Crippen LogP contribution in [-0.2, 0) is 11.2 Å². The van der Waals surface area contributed by atoms with Gasteiger partial charge in [-0.2, -0.15) is 0 Å². The summed E-state index contributed by atoms with van der Waals surface area (Å²) in [5.74, 6) is 0. The Hall–Kier alpha value is -0.380. The van der Waals surface area contributed by atoms with Crippen molar-refractivity contribution in [3.63, 3.8) is 0 Å². The molecule has 82 valence electrons. The summed E-state index contributed by atoms with van der Waals surface area (Å²) in [5, 5.41) is 4.36. The predicted octanol–water partition coefficient (Wildman–Crippen LogP) is 2.28. The molecule has 1 atom stereocenters. The lowest BCUT2D eigenvalue weighted by atomic mass is 9.98. The van der Waals surface area contributed by atoms with Gasteiger partial charge >= 0.3 is 0 Å². The van der Waals surface area contributed by atoms with Crippen LogP contribution in [0, 0.1) is 0 Å². The van der Waals surface area contributed by atoms with Gasteiger partial charge in [0.05, 0.1) is 12.7 Å². The van der Waals surface area contributed by atoms with Gasteiger partial charge in [-0.15, -0.1) is 0 Å². The van der Waals surface area contributed by atoms with Crippen molar-refractivity contribution in [2.45, 2.75) is 12.5 Å². The third kappa shape index (κ3) is 2.80. The molecule has 0 bridgehead atoms. The van der Waals surface area contributed by atoms with E-state index in [1.165, 1.54) is 11.1 Å². The number of ether oxygens (including phenoxy) is 1. The van der Waals surface area contributed by atoms with E-state index in [2.05, 4.69) is 45.5 Å². The van der Waals surface area contributed by atoms with Crippen LogP contribution in [-0.4, -0.2) is 25.0 Å². The Morgan fingerprint density at radius 1 is 1.40 bits per heavy atom. The third-order valence-corrected chi connectivity index (χ3v) is 3.09. The van der Waals surface area contributed by atoms with E-state index in [0.29, 0.717) is 0 Å². The van der Waals surface area contributed by atoms with Crippen molar-refractivity contribution in [2.75, 3.05) is 25.0 Å². The van der Waals surface area contributed by atoms with Crippen molar-refractivity contribution in [1.82, 2.24) is 5.32 Å². The first-order valence-electron chi connectivity index (χ1n) is 5.38. The van der Waals surface area contributed by atoms with Gasteiger partial charge in [-0.1, -0.05) is 40.2 Å². The lowest BCUT2D eigenvalue weighted by Crippen LogP contribution is -2.28. The number of hydrogen-bond acceptors (Lipinski definition) is 2. The quantitative estimate of drug-likeness (QED) is 0.669. The molecule has 0 aromatic heterocycles. The summed E-state index contributed by atoms with van der Waals surface area (Å²) >= 11 is 3.40. The molecule has 0 saturated heterocycles. The molecule has 3 heteroatoms. The summed E-state index contributed by atoms with van der Waals surface area (Å²) in [4.78, 5) is 0. The molecule has 1 aliphatic rings. The van der Waals surface area contributed by atoms with Crippen molar-refractivity contribution >= 4 is 15.9 Å². The summed E-state index contributed by atoms with van der Waals surface area (Å²) in [5.41, 5.74) is 2.79. The Kier molecular flexibility index (Phi) is 4.18. The molecule has 0 amide bonds. The SMILES string of the molecule is BrCCNCC1OCCc2ccccc21. The predicted molar refractivity (Wildman–Crippen MR) is 65.5 cm³/mol. The molecular weight excluding hydrogens is 254 g/mol. The van der Waals surface area contributed by atoms with Gasteiger partial charge < -0.3 is 10.1 Å². The molecule has 0 spiro atoms. The Balaban J connectivity index is 2.02. The van der Waals surface area contributed by atoms with E-state index < -0.39 is 0 Å². The molecule has 0 radical (unpaired) electrons. The fourth-order valence-electron chi connectivity index (χ4n) is 1.95. The smallest absolute Gasteiger partial charge is 0.0952 e. The van der Waals surface area contributed by atoms with Crippen LogP contribution in [0.25, 0.3) is 0 Å². The number of nitrogens with one attached hydrogen (secondary N) is 1. The van der Waals surface area contributed by atoms with Gasteiger partial charge in [0.1, 0.15) is 0 Å². The van der Waals surface area contributed by atoms with E-state index in [1.54, 1.807) is 0 Å². The van der Waals surface area contributed by atoms with Crippen molar-refractivity contribution in [2.24, 2.45) is 0 Å². The number of rotatable bonds is 4. The molecule has 1 unspecified atom stereocenters.